The monoisotopic (exact) mass is 215 g/mol. The van der Waals surface area contributed by atoms with Crippen molar-refractivity contribution in [3.05, 3.63) is 34.7 Å². The smallest absolute Gasteiger partial charge is 0.184 e. The van der Waals surface area contributed by atoms with Crippen molar-refractivity contribution >= 4 is 11.6 Å². The minimum atomic E-state index is -0.0402. The molecule has 1 aliphatic heterocycles. The maximum atomic E-state index is 11.9. The molecular formula is C13H13NO2. The van der Waals surface area contributed by atoms with E-state index in [1.54, 1.807) is 6.08 Å². The molecule has 3 rings (SSSR count). The van der Waals surface area contributed by atoms with Gasteiger partial charge >= 0.3 is 0 Å². The quantitative estimate of drug-likeness (QED) is 0.668. The fraction of sp³-hybridized carbons (Fsp3) is 0.385. The van der Waals surface area contributed by atoms with Crippen molar-refractivity contribution in [2.24, 2.45) is 5.92 Å². The van der Waals surface area contributed by atoms with Crippen LogP contribution in [0.1, 0.15) is 26.2 Å². The number of Topliss-reactive ketones (excluding diaryl/α,β-unsaturated/α-hetero) is 1. The zero-order valence-electron chi connectivity index (χ0n) is 9.17. The second kappa shape index (κ2) is 3.17. The Morgan fingerprint density at radius 1 is 1.19 bits per heavy atom. The Labute approximate surface area is 93.9 Å². The lowest BCUT2D eigenvalue weighted by Gasteiger charge is -2.30. The van der Waals surface area contributed by atoms with Crippen molar-refractivity contribution in [3.63, 3.8) is 0 Å². The molecule has 82 valence electrons. The van der Waals surface area contributed by atoms with E-state index >= 15 is 0 Å². The molecule has 3 heteroatoms. The highest BCUT2D eigenvalue weighted by Crippen LogP contribution is 2.37. The van der Waals surface area contributed by atoms with E-state index in [0.717, 1.165) is 35.4 Å². The number of dihydropyridines is 1. The van der Waals surface area contributed by atoms with Gasteiger partial charge in [0.1, 0.15) is 0 Å². The summed E-state index contributed by atoms with van der Waals surface area (Å²) in [7, 11) is 0. The lowest BCUT2D eigenvalue weighted by atomic mass is 9.79. The second-order valence-corrected chi connectivity index (χ2v) is 4.54. The zero-order chi connectivity index (χ0) is 11.3. The van der Waals surface area contributed by atoms with Crippen LogP contribution in [0.5, 0.6) is 0 Å². The van der Waals surface area contributed by atoms with Gasteiger partial charge in [0, 0.05) is 34.9 Å². The molecule has 0 bridgehead atoms. The molecule has 1 unspecified atom stereocenters. The van der Waals surface area contributed by atoms with Crippen LogP contribution in [0.3, 0.4) is 0 Å². The molecule has 0 saturated carbocycles. The molecular weight excluding hydrogens is 202 g/mol. The van der Waals surface area contributed by atoms with Gasteiger partial charge in [0.2, 0.25) is 0 Å². The number of hydrogen-bond acceptors (Lipinski definition) is 3. The fourth-order valence-corrected chi connectivity index (χ4v) is 2.83. The summed E-state index contributed by atoms with van der Waals surface area (Å²) in [5, 5.41) is 3.24. The summed E-state index contributed by atoms with van der Waals surface area (Å²) in [4.78, 5) is 23.6. The molecule has 0 radical (unpaired) electrons. The summed E-state index contributed by atoms with van der Waals surface area (Å²) < 4.78 is 0. The third-order valence-corrected chi connectivity index (χ3v) is 3.56. The van der Waals surface area contributed by atoms with Crippen molar-refractivity contribution in [3.8, 4) is 0 Å². The van der Waals surface area contributed by atoms with Crippen molar-refractivity contribution in [1.82, 2.24) is 5.32 Å². The van der Waals surface area contributed by atoms with Gasteiger partial charge in [-0.25, -0.2) is 0 Å². The zero-order valence-corrected chi connectivity index (χ0v) is 9.17. The highest BCUT2D eigenvalue weighted by Gasteiger charge is 2.36. The van der Waals surface area contributed by atoms with E-state index in [0.29, 0.717) is 6.42 Å². The Morgan fingerprint density at radius 2 is 2.00 bits per heavy atom. The first-order valence-corrected chi connectivity index (χ1v) is 5.68. The van der Waals surface area contributed by atoms with Crippen LogP contribution in [0.4, 0.5) is 0 Å². The lowest BCUT2D eigenvalue weighted by Crippen LogP contribution is -2.32. The lowest BCUT2D eigenvalue weighted by molar-refractivity contribution is -0.116. The molecule has 16 heavy (non-hydrogen) atoms. The average molecular weight is 215 g/mol. The van der Waals surface area contributed by atoms with E-state index in [9.17, 15) is 9.59 Å². The van der Waals surface area contributed by atoms with Crippen LogP contribution in [0.15, 0.2) is 34.7 Å². The van der Waals surface area contributed by atoms with Gasteiger partial charge in [0.05, 0.1) is 0 Å². The highest BCUT2D eigenvalue weighted by molar-refractivity contribution is 6.11. The van der Waals surface area contributed by atoms with E-state index in [4.69, 9.17) is 0 Å². The number of allylic oxidation sites excluding steroid dienone is 5. The van der Waals surface area contributed by atoms with Gasteiger partial charge < -0.3 is 5.32 Å². The van der Waals surface area contributed by atoms with E-state index in [1.165, 1.54) is 0 Å². The number of ketones is 2. The molecule has 0 aromatic carbocycles. The molecule has 3 aliphatic rings. The first-order valence-electron chi connectivity index (χ1n) is 5.68. The van der Waals surface area contributed by atoms with Crippen LogP contribution in [-0.2, 0) is 9.59 Å². The molecule has 0 saturated heterocycles. The minimum absolute atomic E-state index is 0.0402. The van der Waals surface area contributed by atoms with Crippen molar-refractivity contribution in [2.45, 2.75) is 26.2 Å². The summed E-state index contributed by atoms with van der Waals surface area (Å²) in [5.41, 5.74) is 3.52. The van der Waals surface area contributed by atoms with Gasteiger partial charge in [-0.15, -0.1) is 0 Å². The molecule has 1 N–H and O–H groups in total. The Bertz CT molecular complexity index is 494. The third-order valence-electron chi connectivity index (χ3n) is 3.56. The van der Waals surface area contributed by atoms with Crippen LogP contribution in [0.2, 0.25) is 0 Å². The SMILES string of the molecule is CC1C2=C(C=CC2=O)NC2=C1C(=O)CCC2. The number of carbonyl (C=O) groups excluding carboxylic acids is 2. The van der Waals surface area contributed by atoms with E-state index in [2.05, 4.69) is 5.32 Å². The highest BCUT2D eigenvalue weighted by atomic mass is 16.1. The standard InChI is InChI=1S/C13H13NO2/c1-7-12-8(3-2-4-10(12)15)14-9-5-6-11(16)13(7)9/h5-7,14H,2-4H2,1H3. The number of carbonyl (C=O) groups is 2. The molecule has 0 aromatic heterocycles. The van der Waals surface area contributed by atoms with E-state index in [1.807, 2.05) is 13.0 Å². The second-order valence-electron chi connectivity index (χ2n) is 4.54. The van der Waals surface area contributed by atoms with Crippen molar-refractivity contribution < 1.29 is 9.59 Å². The Kier molecular flexibility index (Phi) is 1.90. The maximum Gasteiger partial charge on any atom is 0.184 e. The Balaban J connectivity index is 2.07. The van der Waals surface area contributed by atoms with Gasteiger partial charge in [-0.1, -0.05) is 6.92 Å². The number of hydrogen-bond donors (Lipinski definition) is 1. The molecule has 0 fully saturated rings. The largest absolute Gasteiger partial charge is 0.358 e. The molecule has 2 aliphatic carbocycles. The van der Waals surface area contributed by atoms with Gasteiger partial charge in [0.25, 0.3) is 0 Å². The molecule has 0 aromatic rings. The summed E-state index contributed by atoms with van der Waals surface area (Å²) in [6, 6.07) is 0. The maximum absolute atomic E-state index is 11.9. The van der Waals surface area contributed by atoms with Crippen LogP contribution >= 0.6 is 0 Å². The van der Waals surface area contributed by atoms with Crippen molar-refractivity contribution in [2.75, 3.05) is 0 Å². The molecule has 3 nitrogen and oxygen atoms in total. The molecule has 1 atom stereocenters. The first kappa shape index (κ1) is 9.58. The van der Waals surface area contributed by atoms with Gasteiger partial charge in [-0.05, 0) is 25.0 Å². The van der Waals surface area contributed by atoms with Gasteiger partial charge in [-0.2, -0.15) is 0 Å². The van der Waals surface area contributed by atoms with Crippen LogP contribution in [0, 0.1) is 5.92 Å². The van der Waals surface area contributed by atoms with E-state index < -0.39 is 0 Å². The molecule has 0 amide bonds. The minimum Gasteiger partial charge on any atom is -0.358 e. The number of nitrogens with one attached hydrogen (secondary N) is 1. The summed E-state index contributed by atoms with van der Waals surface area (Å²) >= 11 is 0. The average Bonchev–Trinajstić information content (AvgIpc) is 2.60. The van der Waals surface area contributed by atoms with Gasteiger partial charge in [-0.3, -0.25) is 9.59 Å². The van der Waals surface area contributed by atoms with Crippen LogP contribution in [-0.4, -0.2) is 11.6 Å². The first-order chi connectivity index (χ1) is 7.68. The number of rotatable bonds is 0. The van der Waals surface area contributed by atoms with Crippen LogP contribution in [0.25, 0.3) is 0 Å². The predicted octanol–water partition coefficient (Wildman–Crippen LogP) is 1.63. The third kappa shape index (κ3) is 1.14. The topological polar surface area (TPSA) is 46.2 Å². The molecule has 1 heterocycles. The van der Waals surface area contributed by atoms with Crippen LogP contribution < -0.4 is 5.32 Å². The normalized spacial score (nSPS) is 28.2. The fourth-order valence-electron chi connectivity index (χ4n) is 2.83. The Morgan fingerprint density at radius 3 is 2.81 bits per heavy atom. The predicted molar refractivity (Wildman–Crippen MR) is 59.4 cm³/mol. The summed E-state index contributed by atoms with van der Waals surface area (Å²) in [5.74, 6) is 0.203. The summed E-state index contributed by atoms with van der Waals surface area (Å²) in [6.07, 6.45) is 5.85. The van der Waals surface area contributed by atoms with Crippen molar-refractivity contribution in [1.29, 1.82) is 0 Å². The Hall–Kier alpha value is -1.64. The molecule has 0 spiro atoms. The summed E-state index contributed by atoms with van der Waals surface area (Å²) in [6.45, 7) is 1.96. The van der Waals surface area contributed by atoms with E-state index in [-0.39, 0.29) is 17.5 Å². The van der Waals surface area contributed by atoms with Gasteiger partial charge in [0.15, 0.2) is 11.6 Å².